The lowest BCUT2D eigenvalue weighted by molar-refractivity contribution is 0.332. The van der Waals surface area contributed by atoms with E-state index >= 15 is 0 Å². The molecule has 0 radical (unpaired) electrons. The van der Waals surface area contributed by atoms with Gasteiger partial charge in [0.25, 0.3) is 0 Å². The highest BCUT2D eigenvalue weighted by molar-refractivity contribution is 7.26. The van der Waals surface area contributed by atoms with Crippen molar-refractivity contribution in [1.29, 1.82) is 0 Å². The average molecular weight is 1200 g/mol. The molecule has 3 aliphatic carbocycles. The van der Waals surface area contributed by atoms with Crippen molar-refractivity contribution < 1.29 is 0 Å². The van der Waals surface area contributed by atoms with Crippen LogP contribution in [-0.4, -0.2) is 6.85 Å². The van der Waals surface area contributed by atoms with E-state index in [1.54, 1.807) is 0 Å². The zero-order valence-electron chi connectivity index (χ0n) is 57.2. The third kappa shape index (κ3) is 8.91. The van der Waals surface area contributed by atoms with Crippen molar-refractivity contribution >= 4 is 94.8 Å². The van der Waals surface area contributed by atoms with Crippen molar-refractivity contribution in [2.75, 3.05) is 14.6 Å². The van der Waals surface area contributed by atoms with E-state index < -0.39 is 0 Å². The van der Waals surface area contributed by atoms with Crippen LogP contribution in [0.5, 0.6) is 0 Å². The van der Waals surface area contributed by atoms with Gasteiger partial charge in [0.05, 0.1) is 0 Å². The topological polar surface area (TPSA) is 9.72 Å². The fraction of sp³-hybridized carbons (Fsp3) is 0.365. The van der Waals surface area contributed by atoms with E-state index in [0.717, 1.165) is 29.2 Å². The number of nitrogens with zero attached hydrogens (tertiary/aromatic N) is 3. The summed E-state index contributed by atoms with van der Waals surface area (Å²) in [5.74, 6) is 0. The Kier molecular flexibility index (Phi) is 12.7. The lowest BCUT2D eigenvalue weighted by Crippen LogP contribution is -2.62. The van der Waals surface area contributed by atoms with Gasteiger partial charge in [0.15, 0.2) is 0 Å². The van der Waals surface area contributed by atoms with Crippen molar-refractivity contribution in [2.24, 2.45) is 0 Å². The summed E-state index contributed by atoms with van der Waals surface area (Å²) in [5.41, 5.74) is 30.4. The Morgan fingerprint density at radius 1 is 0.400 bits per heavy atom. The van der Waals surface area contributed by atoms with E-state index in [2.05, 4.69) is 310 Å². The van der Waals surface area contributed by atoms with Crippen LogP contribution in [0.1, 0.15) is 207 Å². The summed E-state index contributed by atoms with van der Waals surface area (Å²) in [6, 6.07) is 66.1. The number of hydrogen-bond donors (Lipinski definition) is 0. The predicted octanol–water partition coefficient (Wildman–Crippen LogP) is 23.1. The molecule has 0 unspecified atom stereocenters. The highest BCUT2D eigenvalue weighted by Crippen LogP contribution is 2.60. The molecule has 2 aliphatic heterocycles. The smallest absolute Gasteiger partial charge is 0.333 e. The van der Waals surface area contributed by atoms with Gasteiger partial charge in [0.2, 0.25) is 0 Å². The lowest BCUT2D eigenvalue weighted by Gasteiger charge is -2.48. The van der Waals surface area contributed by atoms with Crippen molar-refractivity contribution in [2.45, 2.75) is 201 Å². The third-order valence-corrected chi connectivity index (χ3v) is 23.7. The molecule has 5 aliphatic rings. The minimum absolute atomic E-state index is 0.00425. The quantitative estimate of drug-likeness (QED) is 0.159. The molecule has 15 rings (SSSR count). The first-order valence-corrected chi connectivity index (χ1v) is 34.4. The normalized spacial score (nSPS) is 17.9. The van der Waals surface area contributed by atoms with E-state index in [1.807, 2.05) is 11.3 Å². The number of anilines is 8. The summed E-state index contributed by atoms with van der Waals surface area (Å²) in [6.07, 6.45) is 4.70. The largest absolute Gasteiger partial charge is 0.376 e. The van der Waals surface area contributed by atoms with Crippen LogP contribution in [0.4, 0.5) is 45.5 Å². The molecule has 9 aromatic carbocycles. The molecule has 90 heavy (non-hydrogen) atoms. The summed E-state index contributed by atoms with van der Waals surface area (Å²) >= 11 is 2.00. The Bertz CT molecular complexity index is 4560. The molecular weight excluding hydrogens is 1110 g/mol. The van der Waals surface area contributed by atoms with Gasteiger partial charge >= 0.3 is 6.85 Å². The molecule has 10 aromatic rings. The number of benzene rings is 9. The second-order valence-corrected chi connectivity index (χ2v) is 35.1. The van der Waals surface area contributed by atoms with Crippen LogP contribution in [-0.2, 0) is 43.3 Å². The standard InChI is InChI=1S/C85H92BN3S/c1-78(2,3)51-24-30-54(31-25-51)87(55-32-26-52(27-33-55)79(4,5)6)57-37-39-69-71(45-57)88(56-34-28-53(29-35-56)80(7,8)9)72-48-62-59-22-20-21-23-64(59)85(18,19)76(62)75-63-46-60-61-47-67-68(84(16,17)43-42-83(67,14)15)49-73(61)90-74(60)50-70(63)89(86(69)77(72)75)58-36-38-65-66(44-58)82(12,13)41-40-81(65,10)11/h20-39,44-50H,40-43H2,1-19H3. The summed E-state index contributed by atoms with van der Waals surface area (Å²) in [7, 11) is 0. The Morgan fingerprint density at radius 3 is 1.47 bits per heavy atom. The van der Waals surface area contributed by atoms with Gasteiger partial charge in [-0.3, -0.25) is 0 Å². The lowest BCUT2D eigenvalue weighted by atomic mass is 9.42. The molecular formula is C85H92BN3S. The van der Waals surface area contributed by atoms with Crippen molar-refractivity contribution in [3.63, 3.8) is 0 Å². The summed E-state index contributed by atoms with van der Waals surface area (Å²) in [4.78, 5) is 8.01. The molecule has 0 atom stereocenters. The third-order valence-electron chi connectivity index (χ3n) is 22.6. The van der Waals surface area contributed by atoms with Gasteiger partial charge in [-0.2, -0.15) is 0 Å². The molecule has 0 saturated carbocycles. The van der Waals surface area contributed by atoms with Gasteiger partial charge in [-0.25, -0.2) is 0 Å². The Balaban J connectivity index is 1.08. The maximum Gasteiger partial charge on any atom is 0.333 e. The average Bonchev–Trinajstić information content (AvgIpc) is 1.29. The molecule has 1 aromatic heterocycles. The van der Waals surface area contributed by atoms with E-state index in [-0.39, 0.29) is 50.2 Å². The van der Waals surface area contributed by atoms with Crippen molar-refractivity contribution in [1.82, 2.24) is 0 Å². The summed E-state index contributed by atoms with van der Waals surface area (Å²) in [6.45, 7) is 45.5. The number of fused-ring (bicyclic) bond motifs is 13. The molecule has 0 N–H and O–H groups in total. The van der Waals surface area contributed by atoms with Crippen LogP contribution in [0.2, 0.25) is 0 Å². The van der Waals surface area contributed by atoms with E-state index in [1.165, 1.54) is 145 Å². The number of rotatable bonds is 5. The maximum absolute atomic E-state index is 2.83. The first-order valence-electron chi connectivity index (χ1n) is 33.6. The fourth-order valence-electron chi connectivity index (χ4n) is 16.8. The highest BCUT2D eigenvalue weighted by atomic mass is 32.1. The molecule has 5 heteroatoms. The zero-order chi connectivity index (χ0) is 63.5. The fourth-order valence-corrected chi connectivity index (χ4v) is 18.0. The zero-order valence-corrected chi connectivity index (χ0v) is 58.1. The van der Waals surface area contributed by atoms with Crippen LogP contribution in [0, 0.1) is 0 Å². The van der Waals surface area contributed by atoms with Crippen LogP contribution in [0.3, 0.4) is 0 Å². The van der Waals surface area contributed by atoms with Crippen LogP contribution in [0.25, 0.3) is 42.4 Å². The molecule has 456 valence electrons. The minimum atomic E-state index is -0.295. The van der Waals surface area contributed by atoms with Crippen LogP contribution in [0.15, 0.2) is 164 Å². The number of hydrogen-bond acceptors (Lipinski definition) is 4. The first kappa shape index (κ1) is 59.0. The molecule has 0 fully saturated rings. The Hall–Kier alpha value is -7.34. The predicted molar refractivity (Wildman–Crippen MR) is 392 cm³/mol. The second-order valence-electron chi connectivity index (χ2n) is 34.0. The van der Waals surface area contributed by atoms with Gasteiger partial charge < -0.3 is 14.6 Å². The van der Waals surface area contributed by atoms with Gasteiger partial charge in [-0.05, 0) is 232 Å². The number of thiophene rings is 1. The summed E-state index contributed by atoms with van der Waals surface area (Å²) < 4.78 is 2.74. The van der Waals surface area contributed by atoms with Gasteiger partial charge in [-0.15, -0.1) is 11.3 Å². The van der Waals surface area contributed by atoms with Crippen molar-refractivity contribution in [3.05, 3.63) is 214 Å². The molecule has 3 nitrogen and oxygen atoms in total. The second kappa shape index (κ2) is 19.4. The van der Waals surface area contributed by atoms with Crippen LogP contribution >= 0.6 is 11.3 Å². The van der Waals surface area contributed by atoms with Crippen molar-refractivity contribution in [3.8, 4) is 22.3 Å². The van der Waals surface area contributed by atoms with Gasteiger partial charge in [0, 0.05) is 76.6 Å². The SMILES string of the molecule is CC(C)(C)c1ccc(N(c2ccc(C(C)(C)C)cc2)c2ccc3c(c2)N(c2ccc(C(C)(C)C)cc2)c2cc4c(c5c2B3N(c2ccc3c(c2)C(C)(C)CCC3(C)C)c2cc3sc6cc7c(cc6c3cc2-5)C(C)(C)CCC7(C)C)C(C)(C)c2ccccc2-4)cc1. The van der Waals surface area contributed by atoms with Crippen LogP contribution < -0.4 is 25.5 Å². The molecule has 0 bridgehead atoms. The van der Waals surface area contributed by atoms with Gasteiger partial charge in [-0.1, -0.05) is 204 Å². The highest BCUT2D eigenvalue weighted by Gasteiger charge is 2.51. The maximum atomic E-state index is 2.83. The minimum Gasteiger partial charge on any atom is -0.376 e. The monoisotopic (exact) mass is 1200 g/mol. The Morgan fingerprint density at radius 2 is 0.889 bits per heavy atom. The molecule has 0 spiro atoms. The molecule has 0 saturated heterocycles. The van der Waals surface area contributed by atoms with E-state index in [4.69, 9.17) is 0 Å². The van der Waals surface area contributed by atoms with Gasteiger partial charge in [0.1, 0.15) is 0 Å². The Labute approximate surface area is 542 Å². The molecule has 3 heterocycles. The van der Waals surface area contributed by atoms with E-state index in [9.17, 15) is 0 Å². The van der Waals surface area contributed by atoms with E-state index in [0.29, 0.717) is 0 Å². The summed E-state index contributed by atoms with van der Waals surface area (Å²) in [5, 5.41) is 2.76. The first-order chi connectivity index (χ1) is 42.2. The molecule has 0 amide bonds.